The molecule has 0 bridgehead atoms. The number of hydrogen-bond acceptors (Lipinski definition) is 5. The summed E-state index contributed by atoms with van der Waals surface area (Å²) in [6.07, 6.45) is 1.51. The third kappa shape index (κ3) is 3.26. The van der Waals surface area contributed by atoms with Crippen LogP contribution in [0, 0.1) is 5.95 Å². The summed E-state index contributed by atoms with van der Waals surface area (Å²) in [5, 5.41) is 10.3. The summed E-state index contributed by atoms with van der Waals surface area (Å²) in [7, 11) is -3.48. The van der Waals surface area contributed by atoms with E-state index < -0.39 is 38.2 Å². The number of amidine groups is 1. The van der Waals surface area contributed by atoms with Crippen molar-refractivity contribution >= 4 is 38.4 Å². The van der Waals surface area contributed by atoms with Gasteiger partial charge in [-0.15, -0.1) is 6.58 Å². The molecular weight excluding hydrogens is 429 g/mol. The normalized spacial score (nSPS) is 28.0. The van der Waals surface area contributed by atoms with Gasteiger partial charge >= 0.3 is 6.09 Å². The van der Waals surface area contributed by atoms with Crippen LogP contribution >= 0.6 is 26.5 Å². The van der Waals surface area contributed by atoms with Gasteiger partial charge in [-0.3, -0.25) is 19.4 Å². The van der Waals surface area contributed by atoms with E-state index >= 15 is 0 Å². The zero-order valence-electron chi connectivity index (χ0n) is 14.5. The summed E-state index contributed by atoms with van der Waals surface area (Å²) in [6.45, 7) is 8.15. The topological polar surface area (TPSA) is 115 Å². The highest BCUT2D eigenvalue weighted by atomic mass is 79.9. The average molecular weight is 450 g/mol. The van der Waals surface area contributed by atoms with Crippen molar-refractivity contribution in [2.24, 2.45) is 4.99 Å². The molecule has 0 saturated carbocycles. The second-order valence-corrected chi connectivity index (χ2v) is 10.3. The van der Waals surface area contributed by atoms with Crippen LogP contribution in [0.2, 0.25) is 0 Å². The molecule has 2 heterocycles. The van der Waals surface area contributed by atoms with E-state index in [0.717, 1.165) is 0 Å². The fraction of sp³-hybridized carbons (Fsp3) is 0.438. The minimum absolute atomic E-state index is 0.0267. The number of amides is 1. The minimum Gasteiger partial charge on any atom is -0.465 e. The summed E-state index contributed by atoms with van der Waals surface area (Å²) in [6, 6.07) is 1.45. The second-order valence-electron chi connectivity index (χ2n) is 6.65. The Labute approximate surface area is 160 Å². The number of halogens is 2. The molecule has 1 aliphatic heterocycles. The van der Waals surface area contributed by atoms with Gasteiger partial charge in [0, 0.05) is 16.2 Å². The van der Waals surface area contributed by atoms with Crippen molar-refractivity contribution in [2.75, 3.05) is 0 Å². The molecule has 7 nitrogen and oxygen atoms in total. The maximum absolute atomic E-state index is 14.5. The average Bonchev–Trinajstić information content (AvgIpc) is 2.52. The van der Waals surface area contributed by atoms with Gasteiger partial charge in [-0.1, -0.05) is 6.08 Å². The summed E-state index contributed by atoms with van der Waals surface area (Å²) < 4.78 is 35.7. The molecule has 2 atom stereocenters. The number of hydrogen-bond donors (Lipinski definition) is 4. The van der Waals surface area contributed by atoms with Gasteiger partial charge in [0.1, 0.15) is 16.1 Å². The van der Waals surface area contributed by atoms with Gasteiger partial charge in [-0.25, -0.2) is 9.78 Å². The number of nitrogens with zero attached hydrogens (tertiary/aromatic N) is 2. The molecule has 0 aromatic carbocycles. The van der Waals surface area contributed by atoms with E-state index in [2.05, 4.69) is 37.8 Å². The SMILES string of the molecule is C=CCC1[C@@](C)(c2cc(Br)cnc2F)N=C(NC(=O)O)C(C)(C)S1(O)O. The minimum atomic E-state index is -3.48. The van der Waals surface area contributed by atoms with E-state index in [1.165, 1.54) is 39.1 Å². The first-order valence-electron chi connectivity index (χ1n) is 7.67. The predicted octanol–water partition coefficient (Wildman–Crippen LogP) is 4.35. The van der Waals surface area contributed by atoms with E-state index in [9.17, 15) is 18.3 Å². The predicted molar refractivity (Wildman–Crippen MR) is 103 cm³/mol. The molecule has 1 aliphatic rings. The van der Waals surface area contributed by atoms with Crippen LogP contribution in [-0.4, -0.2) is 41.1 Å². The fourth-order valence-electron chi connectivity index (χ4n) is 3.06. The Kier molecular flexibility index (Phi) is 5.54. The van der Waals surface area contributed by atoms with Crippen molar-refractivity contribution in [2.45, 2.75) is 42.7 Å². The van der Waals surface area contributed by atoms with Gasteiger partial charge in [-0.2, -0.15) is 15.0 Å². The van der Waals surface area contributed by atoms with Gasteiger partial charge in [0.15, 0.2) is 0 Å². The lowest BCUT2D eigenvalue weighted by Gasteiger charge is -2.59. The van der Waals surface area contributed by atoms with Crippen LogP contribution in [-0.2, 0) is 5.54 Å². The lowest BCUT2D eigenvalue weighted by Crippen LogP contribution is -2.58. The van der Waals surface area contributed by atoms with Crippen LogP contribution in [0.3, 0.4) is 0 Å². The Morgan fingerprint density at radius 3 is 2.65 bits per heavy atom. The van der Waals surface area contributed by atoms with Crippen molar-refractivity contribution in [3.8, 4) is 0 Å². The molecule has 1 aromatic heterocycles. The maximum Gasteiger partial charge on any atom is 0.410 e. The molecule has 1 amide bonds. The first kappa shape index (κ1) is 20.8. The molecule has 26 heavy (non-hydrogen) atoms. The van der Waals surface area contributed by atoms with E-state index in [4.69, 9.17) is 5.11 Å². The standard InChI is InChI=1S/C16H21BrFN3O4S/c1-5-6-11-16(4,10-7-9(17)8-19-12(10)18)21-13(20-14(22)23)15(2,3)26(11,24)25/h5,7-8,11,24-25H,1,6H2,2-4H3,(H,20,21)(H,22,23)/t11?,16-/m1/s1. The molecule has 0 radical (unpaired) electrons. The quantitative estimate of drug-likeness (QED) is 0.404. The van der Waals surface area contributed by atoms with Crippen molar-refractivity contribution in [3.05, 3.63) is 40.9 Å². The Morgan fingerprint density at radius 2 is 2.12 bits per heavy atom. The molecule has 10 heteroatoms. The van der Waals surface area contributed by atoms with Gasteiger partial charge in [0.25, 0.3) is 0 Å². The van der Waals surface area contributed by atoms with E-state index in [1.54, 1.807) is 0 Å². The molecular formula is C16H21BrFN3O4S. The maximum atomic E-state index is 14.5. The smallest absolute Gasteiger partial charge is 0.410 e. The fourth-order valence-corrected chi connectivity index (χ4v) is 5.71. The molecule has 0 saturated heterocycles. The van der Waals surface area contributed by atoms with Gasteiger partial charge in [0.05, 0.1) is 5.25 Å². The Bertz CT molecular complexity index is 787. The number of allylic oxidation sites excluding steroid dienone is 1. The number of carbonyl (C=O) groups is 1. The molecule has 1 aromatic rings. The monoisotopic (exact) mass is 449 g/mol. The number of pyridine rings is 1. The van der Waals surface area contributed by atoms with E-state index in [0.29, 0.717) is 4.47 Å². The molecule has 2 rings (SSSR count). The van der Waals surface area contributed by atoms with Crippen LogP contribution in [0.5, 0.6) is 0 Å². The largest absolute Gasteiger partial charge is 0.465 e. The van der Waals surface area contributed by atoms with Crippen molar-refractivity contribution in [1.29, 1.82) is 0 Å². The second kappa shape index (κ2) is 6.91. The molecule has 0 spiro atoms. The van der Waals surface area contributed by atoms with Crippen LogP contribution in [0.4, 0.5) is 9.18 Å². The molecule has 144 valence electrons. The summed E-state index contributed by atoms with van der Waals surface area (Å²) >= 11 is 3.23. The highest BCUT2D eigenvalue weighted by molar-refractivity contribution is 9.10. The first-order valence-corrected chi connectivity index (χ1v) is 10.1. The summed E-state index contributed by atoms with van der Waals surface area (Å²) in [4.78, 5) is 19.3. The van der Waals surface area contributed by atoms with Crippen LogP contribution in [0.1, 0.15) is 32.8 Å². The van der Waals surface area contributed by atoms with E-state index in [1.807, 2.05) is 0 Å². The van der Waals surface area contributed by atoms with Gasteiger partial charge in [0.2, 0.25) is 5.95 Å². The number of rotatable bonds is 3. The highest BCUT2D eigenvalue weighted by Gasteiger charge is 2.57. The molecule has 4 N–H and O–H groups in total. The highest BCUT2D eigenvalue weighted by Crippen LogP contribution is 2.65. The van der Waals surface area contributed by atoms with Crippen LogP contribution < -0.4 is 5.32 Å². The number of carboxylic acid groups (broad SMARTS) is 1. The number of aromatic nitrogens is 1. The molecule has 0 fully saturated rings. The summed E-state index contributed by atoms with van der Waals surface area (Å²) in [5.41, 5.74) is -1.44. The zero-order chi connectivity index (χ0) is 19.9. The molecule has 1 unspecified atom stereocenters. The third-order valence-electron chi connectivity index (χ3n) is 4.65. The van der Waals surface area contributed by atoms with Crippen molar-refractivity contribution in [3.63, 3.8) is 0 Å². The number of aliphatic imine (C=N–C) groups is 1. The molecule has 0 aliphatic carbocycles. The van der Waals surface area contributed by atoms with Crippen LogP contribution in [0.15, 0.2) is 34.4 Å². The van der Waals surface area contributed by atoms with Crippen molar-refractivity contribution < 1.29 is 23.4 Å². The first-order chi connectivity index (χ1) is 11.9. The Balaban J connectivity index is 2.83. The Hall–Kier alpha value is -1.49. The lowest BCUT2D eigenvalue weighted by atomic mass is 9.87. The van der Waals surface area contributed by atoms with Crippen molar-refractivity contribution in [1.82, 2.24) is 10.3 Å². The van der Waals surface area contributed by atoms with Gasteiger partial charge < -0.3 is 5.11 Å². The third-order valence-corrected chi connectivity index (χ3v) is 8.22. The zero-order valence-corrected chi connectivity index (χ0v) is 16.9. The number of nitrogens with one attached hydrogen (secondary N) is 1. The summed E-state index contributed by atoms with van der Waals surface area (Å²) in [5.74, 6) is -0.967. The van der Waals surface area contributed by atoms with Gasteiger partial charge in [-0.05, 0) is 49.2 Å². The van der Waals surface area contributed by atoms with Crippen LogP contribution in [0.25, 0.3) is 0 Å². The lowest BCUT2D eigenvalue weighted by molar-refractivity contribution is 0.199. The van der Waals surface area contributed by atoms with E-state index in [-0.39, 0.29) is 17.8 Å². The Morgan fingerprint density at radius 1 is 1.50 bits per heavy atom.